The number of hydrogen-bond donors (Lipinski definition) is 3. The number of rotatable bonds is 4. The van der Waals surface area contributed by atoms with Crippen LogP contribution in [0.4, 0.5) is 0 Å². The van der Waals surface area contributed by atoms with Crippen LogP contribution in [-0.4, -0.2) is 14.3 Å². The number of hydrazine groups is 1. The average Bonchev–Trinajstić information content (AvgIpc) is 2.25. The summed E-state index contributed by atoms with van der Waals surface area (Å²) in [4.78, 5) is 10.9. The topological polar surface area (TPSA) is 115 Å². The summed E-state index contributed by atoms with van der Waals surface area (Å²) in [5.74, 6) is 4.65. The third-order valence-corrected chi connectivity index (χ3v) is 2.98. The molecule has 88 valence electrons. The van der Waals surface area contributed by atoms with Crippen molar-refractivity contribution in [1.82, 2.24) is 5.43 Å². The first-order valence-corrected chi connectivity index (χ1v) is 6.09. The van der Waals surface area contributed by atoms with Crippen molar-refractivity contribution in [3.05, 3.63) is 29.8 Å². The maximum absolute atomic E-state index is 11.0. The number of nitrogens with one attached hydrogen (secondary N) is 1. The first-order chi connectivity index (χ1) is 7.43. The second-order valence-electron chi connectivity index (χ2n) is 3.26. The van der Waals surface area contributed by atoms with Gasteiger partial charge in [-0.05, 0) is 24.1 Å². The van der Waals surface area contributed by atoms with Gasteiger partial charge in [-0.3, -0.25) is 10.2 Å². The molecule has 0 spiro atoms. The van der Waals surface area contributed by atoms with E-state index < -0.39 is 10.0 Å². The molecule has 6 nitrogen and oxygen atoms in total. The molecule has 5 N–H and O–H groups in total. The molecule has 16 heavy (non-hydrogen) atoms. The first-order valence-electron chi connectivity index (χ1n) is 4.54. The van der Waals surface area contributed by atoms with Crippen molar-refractivity contribution in [2.75, 3.05) is 0 Å². The molecule has 1 amide bonds. The van der Waals surface area contributed by atoms with Crippen LogP contribution in [-0.2, 0) is 21.2 Å². The van der Waals surface area contributed by atoms with Crippen molar-refractivity contribution in [3.63, 3.8) is 0 Å². The van der Waals surface area contributed by atoms with E-state index in [9.17, 15) is 13.2 Å². The standard InChI is InChI=1S/C9H13N3O3S/c10-12-9(13)6-3-7-1-4-8(5-2-7)16(11,14)15/h1-2,4-5H,3,6,10H2,(H,12,13)(H2,11,14,15). The van der Waals surface area contributed by atoms with Gasteiger partial charge in [0.1, 0.15) is 0 Å². The molecule has 0 bridgehead atoms. The molecule has 0 aromatic heterocycles. The fourth-order valence-corrected chi connectivity index (χ4v) is 1.69. The van der Waals surface area contributed by atoms with Gasteiger partial charge in [-0.15, -0.1) is 0 Å². The van der Waals surface area contributed by atoms with E-state index >= 15 is 0 Å². The summed E-state index contributed by atoms with van der Waals surface area (Å²) in [5, 5.41) is 4.94. The van der Waals surface area contributed by atoms with E-state index in [-0.39, 0.29) is 17.2 Å². The fraction of sp³-hybridized carbons (Fsp3) is 0.222. The highest BCUT2D eigenvalue weighted by molar-refractivity contribution is 7.89. The highest BCUT2D eigenvalue weighted by Gasteiger charge is 2.07. The van der Waals surface area contributed by atoms with E-state index in [1.165, 1.54) is 12.1 Å². The number of hydrogen-bond acceptors (Lipinski definition) is 4. The maximum Gasteiger partial charge on any atom is 0.238 e. The number of nitrogens with two attached hydrogens (primary N) is 2. The number of amides is 1. The number of sulfonamides is 1. The Hall–Kier alpha value is -1.44. The minimum Gasteiger partial charge on any atom is -0.294 e. The van der Waals surface area contributed by atoms with E-state index in [0.29, 0.717) is 6.42 Å². The van der Waals surface area contributed by atoms with Crippen LogP contribution in [0.2, 0.25) is 0 Å². The molecule has 0 aliphatic rings. The highest BCUT2D eigenvalue weighted by Crippen LogP contribution is 2.10. The van der Waals surface area contributed by atoms with Gasteiger partial charge in [0.2, 0.25) is 15.9 Å². The molecule has 1 aromatic rings. The zero-order valence-electron chi connectivity index (χ0n) is 8.51. The smallest absolute Gasteiger partial charge is 0.238 e. The minimum absolute atomic E-state index is 0.0551. The summed E-state index contributed by atoms with van der Waals surface area (Å²) in [5.41, 5.74) is 2.86. The Balaban J connectivity index is 2.69. The summed E-state index contributed by atoms with van der Waals surface area (Å²) in [6.07, 6.45) is 0.749. The summed E-state index contributed by atoms with van der Waals surface area (Å²) < 4.78 is 21.9. The van der Waals surface area contributed by atoms with Gasteiger partial charge >= 0.3 is 0 Å². The van der Waals surface area contributed by atoms with Gasteiger partial charge in [-0.1, -0.05) is 12.1 Å². The predicted molar refractivity (Wildman–Crippen MR) is 58.5 cm³/mol. The van der Waals surface area contributed by atoms with Crippen LogP contribution in [0.5, 0.6) is 0 Å². The van der Waals surface area contributed by atoms with Crippen LogP contribution in [0.3, 0.4) is 0 Å². The van der Waals surface area contributed by atoms with Crippen LogP contribution in [0.25, 0.3) is 0 Å². The van der Waals surface area contributed by atoms with Crippen molar-refractivity contribution in [2.45, 2.75) is 17.7 Å². The largest absolute Gasteiger partial charge is 0.294 e. The fourth-order valence-electron chi connectivity index (χ4n) is 1.18. The lowest BCUT2D eigenvalue weighted by Crippen LogP contribution is -2.30. The van der Waals surface area contributed by atoms with Gasteiger partial charge in [0, 0.05) is 6.42 Å². The van der Waals surface area contributed by atoms with Crippen molar-refractivity contribution < 1.29 is 13.2 Å². The second-order valence-corrected chi connectivity index (χ2v) is 4.82. The van der Waals surface area contributed by atoms with E-state index in [1.54, 1.807) is 12.1 Å². The molecular formula is C9H13N3O3S. The monoisotopic (exact) mass is 243 g/mol. The summed E-state index contributed by atoms with van der Waals surface area (Å²) in [6.45, 7) is 0. The molecule has 0 aliphatic heterocycles. The van der Waals surface area contributed by atoms with Crippen molar-refractivity contribution >= 4 is 15.9 Å². The summed E-state index contributed by atoms with van der Waals surface area (Å²) in [7, 11) is -3.65. The summed E-state index contributed by atoms with van der Waals surface area (Å²) >= 11 is 0. The van der Waals surface area contributed by atoms with Crippen molar-refractivity contribution in [1.29, 1.82) is 0 Å². The van der Waals surface area contributed by atoms with Gasteiger partial charge in [0.05, 0.1) is 4.90 Å². The molecule has 0 fully saturated rings. The molecule has 7 heteroatoms. The molecule has 0 saturated carbocycles. The number of carbonyl (C=O) groups excluding carboxylic acids is 1. The van der Waals surface area contributed by atoms with Crippen LogP contribution < -0.4 is 16.4 Å². The average molecular weight is 243 g/mol. The Bertz CT molecular complexity index is 467. The lowest BCUT2D eigenvalue weighted by atomic mass is 10.1. The molecule has 0 saturated heterocycles. The van der Waals surface area contributed by atoms with Gasteiger partial charge in [0.25, 0.3) is 0 Å². The third kappa shape index (κ3) is 3.61. The zero-order valence-corrected chi connectivity index (χ0v) is 9.33. The molecule has 0 radical (unpaired) electrons. The van der Waals surface area contributed by atoms with E-state index in [4.69, 9.17) is 11.0 Å². The minimum atomic E-state index is -3.65. The van der Waals surface area contributed by atoms with Gasteiger partial charge in [0.15, 0.2) is 0 Å². The SMILES string of the molecule is NNC(=O)CCc1ccc(S(N)(=O)=O)cc1. The molecule has 1 rings (SSSR count). The first kappa shape index (κ1) is 12.6. The quantitative estimate of drug-likeness (QED) is 0.367. The van der Waals surface area contributed by atoms with Gasteiger partial charge < -0.3 is 0 Å². The lowest BCUT2D eigenvalue weighted by Gasteiger charge is -2.02. The Morgan fingerprint density at radius 1 is 1.25 bits per heavy atom. The Labute approximate surface area is 93.6 Å². The van der Waals surface area contributed by atoms with Crippen molar-refractivity contribution in [3.8, 4) is 0 Å². The molecule has 0 aliphatic carbocycles. The Morgan fingerprint density at radius 2 is 1.81 bits per heavy atom. The molecule has 1 aromatic carbocycles. The zero-order chi connectivity index (χ0) is 12.2. The Kier molecular flexibility index (Phi) is 3.99. The normalized spacial score (nSPS) is 11.1. The van der Waals surface area contributed by atoms with Crippen LogP contribution in [0, 0.1) is 0 Å². The molecule has 0 unspecified atom stereocenters. The van der Waals surface area contributed by atoms with Crippen LogP contribution >= 0.6 is 0 Å². The van der Waals surface area contributed by atoms with Crippen LogP contribution in [0.1, 0.15) is 12.0 Å². The highest BCUT2D eigenvalue weighted by atomic mass is 32.2. The number of benzene rings is 1. The predicted octanol–water partition coefficient (Wildman–Crippen LogP) is -0.743. The third-order valence-electron chi connectivity index (χ3n) is 2.05. The van der Waals surface area contributed by atoms with Crippen LogP contribution in [0.15, 0.2) is 29.2 Å². The molecular weight excluding hydrogens is 230 g/mol. The molecule has 0 heterocycles. The van der Waals surface area contributed by atoms with E-state index in [0.717, 1.165) is 5.56 Å². The van der Waals surface area contributed by atoms with E-state index in [2.05, 4.69) is 0 Å². The number of carbonyl (C=O) groups is 1. The van der Waals surface area contributed by atoms with Gasteiger partial charge in [-0.2, -0.15) is 0 Å². The number of aryl methyl sites for hydroxylation is 1. The Morgan fingerprint density at radius 3 is 2.25 bits per heavy atom. The number of primary sulfonamides is 1. The lowest BCUT2D eigenvalue weighted by molar-refractivity contribution is -0.121. The van der Waals surface area contributed by atoms with E-state index in [1.807, 2.05) is 5.43 Å². The second kappa shape index (κ2) is 5.06. The van der Waals surface area contributed by atoms with Gasteiger partial charge in [-0.25, -0.2) is 19.4 Å². The molecule has 0 atom stereocenters. The summed E-state index contributed by atoms with van der Waals surface area (Å²) in [6, 6.07) is 6.04. The van der Waals surface area contributed by atoms with Crippen molar-refractivity contribution in [2.24, 2.45) is 11.0 Å². The maximum atomic E-state index is 11.0.